The molecule has 4 aromatic rings. The van der Waals surface area contributed by atoms with Crippen LogP contribution in [0.3, 0.4) is 0 Å². The highest BCUT2D eigenvalue weighted by molar-refractivity contribution is 7.99. The summed E-state index contributed by atoms with van der Waals surface area (Å²) in [5, 5.41) is 11.7. The van der Waals surface area contributed by atoms with Crippen molar-refractivity contribution in [3.63, 3.8) is 0 Å². The zero-order valence-electron chi connectivity index (χ0n) is 15.7. The van der Waals surface area contributed by atoms with Gasteiger partial charge in [-0.05, 0) is 18.6 Å². The van der Waals surface area contributed by atoms with E-state index in [2.05, 4.69) is 16.7 Å². The lowest BCUT2D eigenvalue weighted by Gasteiger charge is -2.13. The number of carboxylic acids is 1. The van der Waals surface area contributed by atoms with Gasteiger partial charge in [0.05, 0.1) is 11.4 Å². The lowest BCUT2D eigenvalue weighted by Crippen LogP contribution is -2.22. The van der Waals surface area contributed by atoms with Gasteiger partial charge < -0.3 is 9.90 Å². The van der Waals surface area contributed by atoms with Crippen molar-refractivity contribution in [2.24, 2.45) is 0 Å². The number of benzene rings is 3. The fourth-order valence-electron chi connectivity index (χ4n) is 3.20. The van der Waals surface area contributed by atoms with Crippen LogP contribution in [0.4, 0.5) is 0 Å². The lowest BCUT2D eigenvalue weighted by molar-refractivity contribution is -0.305. The Hall–Kier alpha value is -3.31. The molecule has 4 rings (SSSR count). The lowest BCUT2D eigenvalue weighted by atomic mass is 10.0. The molecule has 0 atom stereocenters. The van der Waals surface area contributed by atoms with Crippen LogP contribution in [-0.4, -0.2) is 21.3 Å². The summed E-state index contributed by atoms with van der Waals surface area (Å²) in [4.78, 5) is 15.9. The summed E-state index contributed by atoms with van der Waals surface area (Å²) >= 11 is 1.43. The molecule has 5 heteroatoms. The van der Waals surface area contributed by atoms with E-state index in [1.54, 1.807) is 0 Å². The molecule has 0 aliphatic rings. The van der Waals surface area contributed by atoms with E-state index in [4.69, 9.17) is 4.98 Å². The van der Waals surface area contributed by atoms with Gasteiger partial charge in [-0.25, -0.2) is 4.98 Å². The Morgan fingerprint density at radius 2 is 1.38 bits per heavy atom. The van der Waals surface area contributed by atoms with Crippen molar-refractivity contribution in [1.29, 1.82) is 0 Å². The van der Waals surface area contributed by atoms with E-state index in [0.29, 0.717) is 5.75 Å². The molecule has 0 aliphatic heterocycles. The number of hydrogen-bond donors (Lipinski definition) is 0. The Balaban J connectivity index is 1.94. The Kier molecular flexibility index (Phi) is 5.77. The minimum absolute atomic E-state index is 0.0202. The second-order valence-electron chi connectivity index (χ2n) is 6.47. The number of thioether (sulfide) groups is 1. The van der Waals surface area contributed by atoms with Crippen molar-refractivity contribution >= 4 is 17.7 Å². The molecule has 0 amide bonds. The van der Waals surface area contributed by atoms with Crippen molar-refractivity contribution < 1.29 is 9.90 Å². The van der Waals surface area contributed by atoms with E-state index < -0.39 is 5.97 Å². The van der Waals surface area contributed by atoms with Crippen LogP contribution in [0, 0.1) is 0 Å². The second-order valence-corrected chi connectivity index (χ2v) is 7.53. The number of nitrogens with zero attached hydrogens (tertiary/aromatic N) is 2. The summed E-state index contributed by atoms with van der Waals surface area (Å²) in [6.45, 7) is 0. The number of carbonyl (C=O) groups is 1. The van der Waals surface area contributed by atoms with E-state index in [1.165, 1.54) is 11.8 Å². The molecular weight excluding hydrogens is 380 g/mol. The standard InChI is InChI=1S/C24H20N2O2S/c27-21(28)16-17-29-24-25-22(18-10-4-1-5-11-18)23(19-12-6-2-7-13-19)26(24)20-14-8-3-9-15-20/h1-15H,16-17H2,(H,27,28)/p-1. The van der Waals surface area contributed by atoms with Crippen LogP contribution in [0.15, 0.2) is 96.2 Å². The summed E-state index contributed by atoms with van der Waals surface area (Å²) in [5.74, 6) is -0.656. The first kappa shape index (κ1) is 19.0. The van der Waals surface area contributed by atoms with Crippen molar-refractivity contribution in [2.45, 2.75) is 11.6 Å². The van der Waals surface area contributed by atoms with Crippen molar-refractivity contribution in [3.05, 3.63) is 91.0 Å². The minimum atomic E-state index is -1.05. The van der Waals surface area contributed by atoms with Gasteiger partial charge in [-0.2, -0.15) is 0 Å². The number of hydrogen-bond acceptors (Lipinski definition) is 4. The molecule has 0 spiro atoms. The number of carboxylic acid groups (broad SMARTS) is 1. The van der Waals surface area contributed by atoms with Crippen LogP contribution in [-0.2, 0) is 4.79 Å². The molecule has 3 aromatic carbocycles. The van der Waals surface area contributed by atoms with Crippen molar-refractivity contribution in [3.8, 4) is 28.2 Å². The summed E-state index contributed by atoms with van der Waals surface area (Å²) in [6, 6.07) is 30.2. The first-order chi connectivity index (χ1) is 14.2. The van der Waals surface area contributed by atoms with Gasteiger partial charge in [0.25, 0.3) is 0 Å². The molecule has 0 unspecified atom stereocenters. The molecule has 0 saturated heterocycles. The SMILES string of the molecule is O=C([O-])CCSc1nc(-c2ccccc2)c(-c2ccccc2)n1-c1ccccc1. The average Bonchev–Trinajstić information content (AvgIpc) is 3.15. The molecule has 0 aliphatic carbocycles. The number of para-hydroxylation sites is 1. The summed E-state index contributed by atoms with van der Waals surface area (Å²) in [5.41, 5.74) is 4.91. The third-order valence-corrected chi connectivity index (χ3v) is 5.43. The molecule has 144 valence electrons. The van der Waals surface area contributed by atoms with Crippen LogP contribution in [0.2, 0.25) is 0 Å². The predicted octanol–water partition coefficient (Wildman–Crippen LogP) is 4.44. The monoisotopic (exact) mass is 399 g/mol. The average molecular weight is 399 g/mol. The van der Waals surface area contributed by atoms with Gasteiger partial charge in [0, 0.05) is 28.5 Å². The second kappa shape index (κ2) is 8.80. The molecule has 29 heavy (non-hydrogen) atoms. The normalized spacial score (nSPS) is 10.8. The largest absolute Gasteiger partial charge is 0.550 e. The Morgan fingerprint density at radius 1 is 0.828 bits per heavy atom. The number of aliphatic carboxylic acids is 1. The molecule has 0 saturated carbocycles. The summed E-state index contributed by atoms with van der Waals surface area (Å²) < 4.78 is 2.11. The van der Waals surface area contributed by atoms with Gasteiger partial charge in [-0.1, -0.05) is 90.6 Å². The predicted molar refractivity (Wildman–Crippen MR) is 115 cm³/mol. The molecule has 1 aromatic heterocycles. The molecule has 1 heterocycles. The van der Waals surface area contributed by atoms with Gasteiger partial charge in [0.2, 0.25) is 0 Å². The van der Waals surface area contributed by atoms with E-state index in [9.17, 15) is 9.90 Å². The fraction of sp³-hybridized carbons (Fsp3) is 0.0833. The minimum Gasteiger partial charge on any atom is -0.550 e. The van der Waals surface area contributed by atoms with Gasteiger partial charge in [-0.15, -0.1) is 0 Å². The first-order valence-electron chi connectivity index (χ1n) is 9.35. The number of carbonyl (C=O) groups excluding carboxylic acids is 1. The van der Waals surface area contributed by atoms with Gasteiger partial charge in [-0.3, -0.25) is 4.57 Å². The quantitative estimate of drug-likeness (QED) is 0.431. The highest BCUT2D eigenvalue weighted by atomic mass is 32.2. The topological polar surface area (TPSA) is 57.9 Å². The highest BCUT2D eigenvalue weighted by Gasteiger charge is 2.21. The van der Waals surface area contributed by atoms with Crippen LogP contribution in [0.5, 0.6) is 0 Å². The highest BCUT2D eigenvalue weighted by Crippen LogP contribution is 2.38. The van der Waals surface area contributed by atoms with Crippen LogP contribution >= 0.6 is 11.8 Å². The van der Waals surface area contributed by atoms with E-state index in [1.807, 2.05) is 78.9 Å². The van der Waals surface area contributed by atoms with Crippen molar-refractivity contribution in [2.75, 3.05) is 5.75 Å². The molecular formula is C24H19N2O2S-. The molecule has 4 nitrogen and oxygen atoms in total. The third-order valence-electron chi connectivity index (χ3n) is 4.49. The van der Waals surface area contributed by atoms with Crippen LogP contribution in [0.1, 0.15) is 6.42 Å². The number of rotatable bonds is 7. The van der Waals surface area contributed by atoms with Crippen LogP contribution in [0.25, 0.3) is 28.2 Å². The number of aromatic nitrogens is 2. The van der Waals surface area contributed by atoms with E-state index in [-0.39, 0.29) is 6.42 Å². The van der Waals surface area contributed by atoms with Crippen molar-refractivity contribution in [1.82, 2.24) is 9.55 Å². The van der Waals surface area contributed by atoms with Crippen LogP contribution < -0.4 is 5.11 Å². The maximum absolute atomic E-state index is 10.9. The summed E-state index contributed by atoms with van der Waals surface area (Å²) in [7, 11) is 0. The third kappa shape index (κ3) is 4.25. The Bertz CT molecular complexity index is 1090. The maximum atomic E-state index is 10.9. The zero-order valence-corrected chi connectivity index (χ0v) is 16.5. The van der Waals surface area contributed by atoms with E-state index in [0.717, 1.165) is 33.4 Å². The fourth-order valence-corrected chi connectivity index (χ4v) is 4.13. The summed E-state index contributed by atoms with van der Waals surface area (Å²) in [6.07, 6.45) is -0.0202. The maximum Gasteiger partial charge on any atom is 0.173 e. The zero-order chi connectivity index (χ0) is 20.1. The first-order valence-corrected chi connectivity index (χ1v) is 10.3. The van der Waals surface area contributed by atoms with E-state index >= 15 is 0 Å². The molecule has 0 N–H and O–H groups in total. The molecule has 0 bridgehead atoms. The Labute approximate surface area is 173 Å². The molecule has 0 fully saturated rings. The molecule has 0 radical (unpaired) electrons. The van der Waals surface area contributed by atoms with Gasteiger partial charge >= 0.3 is 0 Å². The number of imidazole rings is 1. The van der Waals surface area contributed by atoms with Gasteiger partial charge in [0.1, 0.15) is 0 Å². The Morgan fingerprint density at radius 3 is 1.97 bits per heavy atom. The smallest absolute Gasteiger partial charge is 0.173 e. The van der Waals surface area contributed by atoms with Gasteiger partial charge in [0.15, 0.2) is 5.16 Å².